The van der Waals surface area contributed by atoms with Gasteiger partial charge in [-0.05, 0) is 18.6 Å². The fourth-order valence-corrected chi connectivity index (χ4v) is 2.76. The Labute approximate surface area is 118 Å². The van der Waals surface area contributed by atoms with Gasteiger partial charge in [0.1, 0.15) is 17.6 Å². The maximum absolute atomic E-state index is 13.4. The number of benzene rings is 1. The predicted molar refractivity (Wildman–Crippen MR) is 73.0 cm³/mol. The molecular formula is C13H17FN2O3S. The first-order valence-corrected chi connectivity index (χ1v) is 7.90. The molecule has 0 saturated heterocycles. The minimum Gasteiger partial charge on any atom is -0.493 e. The number of nitrogens with two attached hydrogens (primary N) is 1. The molecule has 0 spiro atoms. The minimum absolute atomic E-state index is 0.0630. The molecule has 0 fully saturated rings. The molecule has 0 aliphatic carbocycles. The molecule has 20 heavy (non-hydrogen) atoms. The molecule has 0 aliphatic heterocycles. The van der Waals surface area contributed by atoms with Gasteiger partial charge < -0.3 is 4.74 Å². The maximum Gasteiger partial charge on any atom is 0.209 e. The van der Waals surface area contributed by atoms with Crippen LogP contribution in [0, 0.1) is 23.1 Å². The highest BCUT2D eigenvalue weighted by Crippen LogP contribution is 2.18. The van der Waals surface area contributed by atoms with Gasteiger partial charge in [-0.25, -0.2) is 17.9 Å². The summed E-state index contributed by atoms with van der Waals surface area (Å²) in [5.41, 5.74) is -0.0630. The summed E-state index contributed by atoms with van der Waals surface area (Å²) < 4.78 is 40.9. The van der Waals surface area contributed by atoms with E-state index in [1.165, 1.54) is 12.1 Å². The molecule has 110 valence electrons. The standard InChI is InChI=1S/C13H17FN2O3S/c1-2-3-10(9-20(16,17)18)8-19-12-5-4-11(7-15)13(14)6-12/h4-6,10H,2-3,8-9H2,1H3,(H2,16,17,18). The van der Waals surface area contributed by atoms with E-state index < -0.39 is 15.8 Å². The van der Waals surface area contributed by atoms with Crippen LogP contribution in [-0.2, 0) is 10.0 Å². The Hall–Kier alpha value is -1.65. The van der Waals surface area contributed by atoms with Crippen molar-refractivity contribution in [2.45, 2.75) is 19.8 Å². The van der Waals surface area contributed by atoms with Gasteiger partial charge in [-0.15, -0.1) is 0 Å². The third kappa shape index (κ3) is 5.55. The minimum atomic E-state index is -3.57. The van der Waals surface area contributed by atoms with Crippen LogP contribution in [-0.4, -0.2) is 20.8 Å². The quantitative estimate of drug-likeness (QED) is 0.830. The van der Waals surface area contributed by atoms with E-state index in [1.54, 1.807) is 6.07 Å². The number of nitriles is 1. The molecule has 0 heterocycles. The first-order chi connectivity index (χ1) is 9.35. The molecule has 7 heteroatoms. The Morgan fingerprint density at radius 2 is 2.20 bits per heavy atom. The van der Waals surface area contributed by atoms with Gasteiger partial charge in [0.15, 0.2) is 0 Å². The normalized spacial score (nSPS) is 12.7. The molecule has 0 aliphatic rings. The molecule has 0 saturated carbocycles. The van der Waals surface area contributed by atoms with E-state index in [2.05, 4.69) is 0 Å². The highest BCUT2D eigenvalue weighted by Gasteiger charge is 2.16. The number of hydrogen-bond acceptors (Lipinski definition) is 4. The lowest BCUT2D eigenvalue weighted by Gasteiger charge is -2.16. The number of ether oxygens (including phenoxy) is 1. The summed E-state index contributed by atoms with van der Waals surface area (Å²) in [7, 11) is -3.57. The molecule has 0 aromatic heterocycles. The first-order valence-electron chi connectivity index (χ1n) is 6.18. The summed E-state index contributed by atoms with van der Waals surface area (Å²) in [5, 5.41) is 13.6. The number of primary sulfonamides is 1. The van der Waals surface area contributed by atoms with Crippen LogP contribution in [0.2, 0.25) is 0 Å². The third-order valence-corrected chi connectivity index (χ3v) is 3.65. The summed E-state index contributed by atoms with van der Waals surface area (Å²) in [5.74, 6) is -0.811. The van der Waals surface area contributed by atoms with Crippen LogP contribution >= 0.6 is 0 Å². The van der Waals surface area contributed by atoms with Crippen molar-refractivity contribution in [2.24, 2.45) is 11.1 Å². The molecule has 1 unspecified atom stereocenters. The lowest BCUT2D eigenvalue weighted by molar-refractivity contribution is 0.251. The molecule has 5 nitrogen and oxygen atoms in total. The van der Waals surface area contributed by atoms with Gasteiger partial charge in [-0.1, -0.05) is 13.3 Å². The van der Waals surface area contributed by atoms with E-state index in [9.17, 15) is 12.8 Å². The SMILES string of the molecule is CCCC(COc1ccc(C#N)c(F)c1)CS(N)(=O)=O. The van der Waals surface area contributed by atoms with Crippen molar-refractivity contribution < 1.29 is 17.5 Å². The zero-order valence-electron chi connectivity index (χ0n) is 11.2. The Morgan fingerprint density at radius 1 is 1.50 bits per heavy atom. The van der Waals surface area contributed by atoms with Crippen LogP contribution in [0.25, 0.3) is 0 Å². The van der Waals surface area contributed by atoms with Crippen LogP contribution in [0.5, 0.6) is 5.75 Å². The average Bonchev–Trinajstić information content (AvgIpc) is 2.34. The largest absolute Gasteiger partial charge is 0.493 e. The molecular weight excluding hydrogens is 283 g/mol. The van der Waals surface area contributed by atoms with Crippen LogP contribution in [0.1, 0.15) is 25.3 Å². The van der Waals surface area contributed by atoms with Crippen LogP contribution in [0.4, 0.5) is 4.39 Å². The van der Waals surface area contributed by atoms with Crippen molar-refractivity contribution >= 4 is 10.0 Å². The Kier molecular flexibility index (Phi) is 5.92. The number of nitrogens with zero attached hydrogens (tertiary/aromatic N) is 1. The second-order valence-electron chi connectivity index (χ2n) is 4.55. The highest BCUT2D eigenvalue weighted by molar-refractivity contribution is 7.89. The fraction of sp³-hybridized carbons (Fsp3) is 0.462. The Morgan fingerprint density at radius 3 is 2.70 bits per heavy atom. The maximum atomic E-state index is 13.4. The smallest absolute Gasteiger partial charge is 0.209 e. The first kappa shape index (κ1) is 16.4. The van der Waals surface area contributed by atoms with Gasteiger partial charge in [0.25, 0.3) is 0 Å². The fourth-order valence-electron chi connectivity index (χ4n) is 1.84. The molecule has 2 N–H and O–H groups in total. The van der Waals surface area contributed by atoms with E-state index in [-0.39, 0.29) is 29.6 Å². The van der Waals surface area contributed by atoms with Crippen molar-refractivity contribution in [1.29, 1.82) is 5.26 Å². The van der Waals surface area contributed by atoms with E-state index in [4.69, 9.17) is 15.1 Å². The number of sulfonamides is 1. The zero-order chi connectivity index (χ0) is 15.2. The third-order valence-electron chi connectivity index (χ3n) is 2.71. The average molecular weight is 300 g/mol. The summed E-state index contributed by atoms with van der Waals surface area (Å²) in [6.07, 6.45) is 1.44. The lowest BCUT2D eigenvalue weighted by atomic mass is 10.1. The predicted octanol–water partition coefficient (Wildman–Crippen LogP) is 1.78. The van der Waals surface area contributed by atoms with Crippen LogP contribution in [0.15, 0.2) is 18.2 Å². The number of hydrogen-bond donors (Lipinski definition) is 1. The molecule has 0 radical (unpaired) electrons. The van der Waals surface area contributed by atoms with Crippen molar-refractivity contribution in [2.75, 3.05) is 12.4 Å². The summed E-state index contributed by atoms with van der Waals surface area (Å²) >= 11 is 0. The summed E-state index contributed by atoms with van der Waals surface area (Å²) in [6.45, 7) is 2.06. The molecule has 0 amide bonds. The van der Waals surface area contributed by atoms with Crippen LogP contribution in [0.3, 0.4) is 0 Å². The van der Waals surface area contributed by atoms with Crippen molar-refractivity contribution in [3.05, 3.63) is 29.6 Å². The number of halogens is 1. The molecule has 1 rings (SSSR count). The van der Waals surface area contributed by atoms with E-state index in [0.717, 1.165) is 12.5 Å². The van der Waals surface area contributed by atoms with Gasteiger partial charge in [0.05, 0.1) is 17.9 Å². The summed E-state index contributed by atoms with van der Waals surface area (Å²) in [4.78, 5) is 0. The Balaban J connectivity index is 2.68. The number of rotatable bonds is 7. The van der Waals surface area contributed by atoms with Gasteiger partial charge in [0.2, 0.25) is 10.0 Å². The van der Waals surface area contributed by atoms with Crippen molar-refractivity contribution in [3.63, 3.8) is 0 Å². The topological polar surface area (TPSA) is 93.2 Å². The molecule has 1 aromatic rings. The van der Waals surface area contributed by atoms with Gasteiger partial charge in [-0.3, -0.25) is 0 Å². The van der Waals surface area contributed by atoms with Crippen LogP contribution < -0.4 is 9.88 Å². The van der Waals surface area contributed by atoms with E-state index in [0.29, 0.717) is 6.42 Å². The second kappa shape index (κ2) is 7.22. The Bertz CT molecular complexity index is 596. The van der Waals surface area contributed by atoms with Gasteiger partial charge >= 0.3 is 0 Å². The molecule has 1 atom stereocenters. The van der Waals surface area contributed by atoms with Gasteiger partial charge in [-0.2, -0.15) is 5.26 Å². The zero-order valence-corrected chi connectivity index (χ0v) is 12.0. The van der Waals surface area contributed by atoms with Crippen molar-refractivity contribution in [1.82, 2.24) is 0 Å². The van der Waals surface area contributed by atoms with Crippen molar-refractivity contribution in [3.8, 4) is 11.8 Å². The monoisotopic (exact) mass is 300 g/mol. The van der Waals surface area contributed by atoms with E-state index >= 15 is 0 Å². The van der Waals surface area contributed by atoms with E-state index in [1.807, 2.05) is 6.92 Å². The molecule has 1 aromatic carbocycles. The molecule has 0 bridgehead atoms. The lowest BCUT2D eigenvalue weighted by Crippen LogP contribution is -2.27. The highest BCUT2D eigenvalue weighted by atomic mass is 32.2. The summed E-state index contributed by atoms with van der Waals surface area (Å²) in [6, 6.07) is 5.61. The second-order valence-corrected chi connectivity index (χ2v) is 6.21. The van der Waals surface area contributed by atoms with Gasteiger partial charge in [0, 0.05) is 12.0 Å².